The Labute approximate surface area is 195 Å². The predicted octanol–water partition coefficient (Wildman–Crippen LogP) is 6.58. The second kappa shape index (κ2) is 10.8. The minimum Gasteiger partial charge on any atom is -0.486 e. The fourth-order valence-corrected chi connectivity index (χ4v) is 3.48. The van der Waals surface area contributed by atoms with Crippen LogP contribution in [-0.4, -0.2) is 18.9 Å². The third kappa shape index (κ3) is 6.19. The largest absolute Gasteiger partial charge is 0.486 e. The molecule has 0 atom stereocenters. The Kier molecular flexibility index (Phi) is 7.83. The van der Waals surface area contributed by atoms with Gasteiger partial charge in [0.25, 0.3) is 0 Å². The molecule has 0 radical (unpaired) electrons. The first-order chi connectivity index (χ1) is 15.8. The second-order valence-electron chi connectivity index (χ2n) is 8.74. The van der Waals surface area contributed by atoms with Crippen molar-refractivity contribution in [3.63, 3.8) is 0 Å². The number of rotatable bonds is 8. The van der Waals surface area contributed by atoms with Crippen molar-refractivity contribution >= 4 is 23.4 Å². The molecule has 0 N–H and O–H groups in total. The van der Waals surface area contributed by atoms with Gasteiger partial charge >= 0.3 is 5.97 Å². The summed E-state index contributed by atoms with van der Waals surface area (Å²) in [5.41, 5.74) is 4.94. The van der Waals surface area contributed by atoms with Crippen LogP contribution >= 0.6 is 0 Å². The number of aldehydes is 1. The summed E-state index contributed by atoms with van der Waals surface area (Å²) < 4.78 is 11.0. The Morgan fingerprint density at radius 3 is 1.82 bits per heavy atom. The minimum absolute atomic E-state index is 0.0288. The quantitative estimate of drug-likeness (QED) is 0.171. The van der Waals surface area contributed by atoms with Gasteiger partial charge in [-0.15, -0.1) is 0 Å². The van der Waals surface area contributed by atoms with Gasteiger partial charge in [-0.3, -0.25) is 9.59 Å². The highest BCUT2D eigenvalue weighted by Crippen LogP contribution is 2.35. The number of ether oxygens (including phenoxy) is 2. The van der Waals surface area contributed by atoms with E-state index in [0.29, 0.717) is 11.5 Å². The lowest BCUT2D eigenvalue weighted by molar-refractivity contribution is -0.143. The summed E-state index contributed by atoms with van der Waals surface area (Å²) in [6.07, 6.45) is 1.57. The molecule has 0 aliphatic rings. The first-order valence-corrected chi connectivity index (χ1v) is 11.1. The molecule has 0 aromatic heterocycles. The molecule has 0 aliphatic heterocycles. The van der Waals surface area contributed by atoms with Gasteiger partial charge in [-0.25, -0.2) is 0 Å². The molecule has 0 aliphatic carbocycles. The molecular formula is C29H30O4. The van der Waals surface area contributed by atoms with Gasteiger partial charge in [0.05, 0.1) is 5.41 Å². The molecule has 0 amide bonds. The molecule has 4 nitrogen and oxygen atoms in total. The summed E-state index contributed by atoms with van der Waals surface area (Å²) in [7, 11) is 0. The molecule has 3 rings (SSSR count). The highest BCUT2D eigenvalue weighted by molar-refractivity contribution is 5.98. The number of hydrogen-bond acceptors (Lipinski definition) is 4. The van der Waals surface area contributed by atoms with Crippen LogP contribution in [0.2, 0.25) is 0 Å². The maximum Gasteiger partial charge on any atom is 0.316 e. The first-order valence-electron chi connectivity index (χ1n) is 11.1. The van der Waals surface area contributed by atoms with Crippen molar-refractivity contribution in [2.75, 3.05) is 6.61 Å². The van der Waals surface area contributed by atoms with Crippen molar-refractivity contribution < 1.29 is 19.1 Å². The van der Waals surface area contributed by atoms with E-state index < -0.39 is 5.41 Å². The van der Waals surface area contributed by atoms with Crippen LogP contribution in [0.4, 0.5) is 0 Å². The van der Waals surface area contributed by atoms with Crippen LogP contribution in [0.5, 0.6) is 11.5 Å². The average Bonchev–Trinajstić information content (AvgIpc) is 2.82. The Balaban J connectivity index is 2.05. The van der Waals surface area contributed by atoms with Crippen LogP contribution in [0, 0.1) is 5.41 Å². The predicted molar refractivity (Wildman–Crippen MR) is 132 cm³/mol. The Morgan fingerprint density at radius 2 is 1.33 bits per heavy atom. The molecule has 33 heavy (non-hydrogen) atoms. The zero-order valence-electron chi connectivity index (χ0n) is 19.6. The molecule has 0 bridgehead atoms. The summed E-state index contributed by atoms with van der Waals surface area (Å²) in [6.45, 7) is 7.67. The molecule has 0 saturated heterocycles. The van der Waals surface area contributed by atoms with Crippen LogP contribution in [0.1, 0.15) is 50.8 Å². The van der Waals surface area contributed by atoms with Crippen molar-refractivity contribution in [2.24, 2.45) is 5.41 Å². The summed E-state index contributed by atoms with van der Waals surface area (Å²) in [6, 6.07) is 25.7. The van der Waals surface area contributed by atoms with Gasteiger partial charge in [0.1, 0.15) is 18.1 Å². The van der Waals surface area contributed by atoms with E-state index in [2.05, 4.69) is 19.1 Å². The van der Waals surface area contributed by atoms with Gasteiger partial charge in [0.2, 0.25) is 0 Å². The molecule has 0 unspecified atom stereocenters. The highest BCUT2D eigenvalue weighted by Gasteiger charge is 2.23. The van der Waals surface area contributed by atoms with E-state index in [4.69, 9.17) is 9.47 Å². The van der Waals surface area contributed by atoms with Gasteiger partial charge in [-0.05, 0) is 79.3 Å². The lowest BCUT2D eigenvalue weighted by Gasteiger charge is -2.18. The van der Waals surface area contributed by atoms with E-state index in [9.17, 15) is 9.59 Å². The summed E-state index contributed by atoms with van der Waals surface area (Å²) in [5.74, 6) is 0.899. The van der Waals surface area contributed by atoms with Crippen LogP contribution in [0.3, 0.4) is 0 Å². The zero-order valence-corrected chi connectivity index (χ0v) is 19.6. The fourth-order valence-electron chi connectivity index (χ4n) is 3.48. The van der Waals surface area contributed by atoms with Crippen molar-refractivity contribution in [1.82, 2.24) is 0 Å². The Hall–Kier alpha value is -3.66. The maximum absolute atomic E-state index is 12.3. The van der Waals surface area contributed by atoms with E-state index in [1.165, 1.54) is 5.57 Å². The van der Waals surface area contributed by atoms with Gasteiger partial charge in [0.15, 0.2) is 6.29 Å². The number of hydrogen-bond donors (Lipinski definition) is 0. The molecule has 0 fully saturated rings. The number of carbonyl (C=O) groups is 2. The van der Waals surface area contributed by atoms with Crippen molar-refractivity contribution in [2.45, 2.75) is 34.1 Å². The Bertz CT molecular complexity index is 1100. The standard InChI is InChI=1S/C29H30O4/c1-5-26(21-9-7-6-8-10-21)27(22-11-15-24(16-12-22)32-20-19-30)23-13-17-25(18-14-23)33-28(31)29(2,3)4/h6-19H,5,20H2,1-4H3. The molecule has 170 valence electrons. The summed E-state index contributed by atoms with van der Waals surface area (Å²) in [4.78, 5) is 22.9. The van der Waals surface area contributed by atoms with E-state index in [0.717, 1.165) is 35.0 Å². The second-order valence-corrected chi connectivity index (χ2v) is 8.74. The topological polar surface area (TPSA) is 52.6 Å². The van der Waals surface area contributed by atoms with Crippen molar-refractivity contribution in [3.05, 3.63) is 95.6 Å². The van der Waals surface area contributed by atoms with E-state index in [-0.39, 0.29) is 12.6 Å². The van der Waals surface area contributed by atoms with E-state index >= 15 is 0 Å². The van der Waals surface area contributed by atoms with Crippen molar-refractivity contribution in [1.29, 1.82) is 0 Å². The van der Waals surface area contributed by atoms with Gasteiger partial charge < -0.3 is 9.47 Å². The number of allylic oxidation sites excluding steroid dienone is 1. The monoisotopic (exact) mass is 442 g/mol. The molecule has 3 aromatic carbocycles. The van der Waals surface area contributed by atoms with E-state index in [1.807, 2.05) is 87.5 Å². The van der Waals surface area contributed by atoms with Crippen LogP contribution in [0.15, 0.2) is 78.9 Å². The van der Waals surface area contributed by atoms with Gasteiger partial charge in [0, 0.05) is 0 Å². The third-order valence-corrected chi connectivity index (χ3v) is 5.20. The van der Waals surface area contributed by atoms with Crippen LogP contribution < -0.4 is 9.47 Å². The lowest BCUT2D eigenvalue weighted by atomic mass is 9.88. The first kappa shape index (κ1) is 24.0. The maximum atomic E-state index is 12.3. The van der Waals surface area contributed by atoms with Crippen LogP contribution in [-0.2, 0) is 9.59 Å². The molecule has 3 aromatic rings. The average molecular weight is 443 g/mol. The SMILES string of the molecule is CCC(=C(c1ccc(OCC=O)cc1)c1ccc(OC(=O)C(C)(C)C)cc1)c1ccccc1. The van der Waals surface area contributed by atoms with Gasteiger partial charge in [-0.2, -0.15) is 0 Å². The normalized spacial score (nSPS) is 12.0. The summed E-state index contributed by atoms with van der Waals surface area (Å²) >= 11 is 0. The number of esters is 1. The highest BCUT2D eigenvalue weighted by atomic mass is 16.5. The zero-order chi connectivity index (χ0) is 23.8. The van der Waals surface area contributed by atoms with Crippen LogP contribution in [0.25, 0.3) is 11.1 Å². The minimum atomic E-state index is -0.569. The van der Waals surface area contributed by atoms with Gasteiger partial charge in [-0.1, -0.05) is 61.5 Å². The molecule has 4 heteroatoms. The summed E-state index contributed by atoms with van der Waals surface area (Å²) in [5, 5.41) is 0. The number of carbonyl (C=O) groups excluding carboxylic acids is 2. The fraction of sp³-hybridized carbons (Fsp3) is 0.241. The van der Waals surface area contributed by atoms with E-state index in [1.54, 1.807) is 0 Å². The smallest absolute Gasteiger partial charge is 0.316 e. The molecule has 0 spiro atoms. The molecule has 0 heterocycles. The third-order valence-electron chi connectivity index (χ3n) is 5.20. The Morgan fingerprint density at radius 1 is 0.788 bits per heavy atom. The molecular weight excluding hydrogens is 412 g/mol. The number of benzene rings is 3. The lowest BCUT2D eigenvalue weighted by Crippen LogP contribution is -2.25. The molecule has 0 saturated carbocycles. The van der Waals surface area contributed by atoms with Crippen molar-refractivity contribution in [3.8, 4) is 11.5 Å².